The highest BCUT2D eigenvalue weighted by atomic mass is 32.1. The first-order chi connectivity index (χ1) is 12.3. The van der Waals surface area contributed by atoms with Crippen molar-refractivity contribution in [2.75, 3.05) is 0 Å². The summed E-state index contributed by atoms with van der Waals surface area (Å²) in [6, 6.07) is 28.8. The fourth-order valence-electron chi connectivity index (χ4n) is 3.00. The first-order valence-corrected chi connectivity index (χ1v) is 8.53. The number of hydrogen-bond acceptors (Lipinski definition) is 2. The third kappa shape index (κ3) is 3.14. The lowest BCUT2D eigenvalue weighted by Gasteiger charge is -2.08. The fourth-order valence-corrected chi connectivity index (χ4v) is 3.19. The molecule has 3 heteroatoms. The summed E-state index contributed by atoms with van der Waals surface area (Å²) in [6.07, 6.45) is 1.86. The van der Waals surface area contributed by atoms with Crippen LogP contribution in [0.25, 0.3) is 21.5 Å². The van der Waals surface area contributed by atoms with E-state index in [1.807, 2.05) is 36.5 Å². The summed E-state index contributed by atoms with van der Waals surface area (Å²) >= 11 is 5.40. The molecule has 2 nitrogen and oxygen atoms in total. The molecule has 0 spiro atoms. The van der Waals surface area contributed by atoms with Crippen LogP contribution >= 0.6 is 12.2 Å². The quantitative estimate of drug-likeness (QED) is 0.237. The predicted molar refractivity (Wildman–Crippen MR) is 110 cm³/mol. The molecule has 0 amide bonds. The second kappa shape index (κ2) is 6.83. The normalized spacial score (nSPS) is 11.2. The number of thiocarbonyl (C=S) groups is 1. The van der Waals surface area contributed by atoms with E-state index in [0.29, 0.717) is 4.99 Å². The summed E-state index contributed by atoms with van der Waals surface area (Å²) < 4.78 is 0. The van der Waals surface area contributed by atoms with E-state index in [0.717, 1.165) is 11.1 Å². The molecule has 0 radical (unpaired) electrons. The van der Waals surface area contributed by atoms with Crippen LogP contribution in [0, 0.1) is 0 Å². The zero-order chi connectivity index (χ0) is 17.1. The largest absolute Gasteiger partial charge is 0.267 e. The van der Waals surface area contributed by atoms with Crippen molar-refractivity contribution in [1.29, 1.82) is 0 Å². The van der Waals surface area contributed by atoms with Gasteiger partial charge in [0.25, 0.3) is 0 Å². The van der Waals surface area contributed by atoms with Gasteiger partial charge in [-0.05, 0) is 27.6 Å². The van der Waals surface area contributed by atoms with Crippen LogP contribution in [0.5, 0.6) is 0 Å². The van der Waals surface area contributed by atoms with Gasteiger partial charge < -0.3 is 0 Å². The van der Waals surface area contributed by atoms with E-state index in [4.69, 9.17) is 12.2 Å². The number of nitrogens with zero attached hydrogens (tertiary/aromatic N) is 1. The molecule has 0 saturated carbocycles. The first-order valence-electron chi connectivity index (χ1n) is 8.12. The van der Waals surface area contributed by atoms with E-state index < -0.39 is 0 Å². The standard InChI is InChI=1S/C22H16N2S/c25-22(16-8-2-1-3-9-16)24-23-15-21-19-12-6-4-10-17(19)14-18-11-5-7-13-20(18)21/h1-15H,(H,24,25)/b23-15-. The van der Waals surface area contributed by atoms with Crippen molar-refractivity contribution < 1.29 is 0 Å². The minimum Gasteiger partial charge on any atom is -0.267 e. The number of rotatable bonds is 3. The number of benzene rings is 4. The van der Waals surface area contributed by atoms with Gasteiger partial charge in [0.2, 0.25) is 0 Å². The Morgan fingerprint density at radius 3 is 1.96 bits per heavy atom. The molecule has 4 aromatic carbocycles. The number of hydrazone groups is 1. The highest BCUT2D eigenvalue weighted by Gasteiger charge is 2.05. The summed E-state index contributed by atoms with van der Waals surface area (Å²) in [5, 5.41) is 9.16. The number of hydrogen-bond donors (Lipinski definition) is 1. The molecule has 0 saturated heterocycles. The maximum absolute atomic E-state index is 5.40. The Morgan fingerprint density at radius 1 is 0.760 bits per heavy atom. The van der Waals surface area contributed by atoms with Gasteiger partial charge >= 0.3 is 0 Å². The Balaban J connectivity index is 1.73. The molecule has 4 rings (SSSR count). The van der Waals surface area contributed by atoms with E-state index in [-0.39, 0.29) is 0 Å². The van der Waals surface area contributed by atoms with Crippen LogP contribution in [0.2, 0.25) is 0 Å². The topological polar surface area (TPSA) is 24.4 Å². The molecule has 120 valence electrons. The molecule has 4 aromatic rings. The van der Waals surface area contributed by atoms with Gasteiger partial charge in [0, 0.05) is 11.1 Å². The molecule has 0 aliphatic rings. The second-order valence-electron chi connectivity index (χ2n) is 5.80. The van der Waals surface area contributed by atoms with Crippen LogP contribution < -0.4 is 5.43 Å². The molecule has 1 N–H and O–H groups in total. The van der Waals surface area contributed by atoms with Crippen molar-refractivity contribution >= 4 is 45.0 Å². The molecule has 0 fully saturated rings. The average molecular weight is 340 g/mol. The molecular formula is C22H16N2S. The Bertz CT molecular complexity index is 1030. The van der Waals surface area contributed by atoms with Gasteiger partial charge in [-0.1, -0.05) is 91.1 Å². The molecule has 0 heterocycles. The third-order valence-corrected chi connectivity index (χ3v) is 4.54. The Labute approximate surface area is 151 Å². The van der Waals surface area contributed by atoms with Crippen LogP contribution in [0.1, 0.15) is 11.1 Å². The lowest BCUT2D eigenvalue weighted by molar-refractivity contribution is 1.06. The Morgan fingerprint density at radius 2 is 1.32 bits per heavy atom. The van der Waals surface area contributed by atoms with E-state index in [9.17, 15) is 0 Å². The van der Waals surface area contributed by atoms with Gasteiger partial charge in [-0.3, -0.25) is 5.43 Å². The van der Waals surface area contributed by atoms with Crippen molar-refractivity contribution in [2.45, 2.75) is 0 Å². The predicted octanol–water partition coefficient (Wildman–Crippen LogP) is 5.29. The molecular weight excluding hydrogens is 324 g/mol. The molecule has 0 atom stereocenters. The Hall–Kier alpha value is -3.04. The van der Waals surface area contributed by atoms with Gasteiger partial charge in [0.1, 0.15) is 4.99 Å². The molecule has 0 unspecified atom stereocenters. The van der Waals surface area contributed by atoms with Crippen molar-refractivity contribution in [3.05, 3.63) is 96.1 Å². The summed E-state index contributed by atoms with van der Waals surface area (Å²) in [5.41, 5.74) is 5.03. The molecule has 25 heavy (non-hydrogen) atoms. The molecule has 0 aromatic heterocycles. The van der Waals surface area contributed by atoms with Gasteiger partial charge in [-0.25, -0.2) is 0 Å². The maximum Gasteiger partial charge on any atom is 0.126 e. The van der Waals surface area contributed by atoms with Gasteiger partial charge in [-0.15, -0.1) is 0 Å². The molecule has 0 aliphatic carbocycles. The summed E-state index contributed by atoms with van der Waals surface area (Å²) in [6.45, 7) is 0. The summed E-state index contributed by atoms with van der Waals surface area (Å²) in [7, 11) is 0. The van der Waals surface area contributed by atoms with Gasteiger partial charge in [0.15, 0.2) is 0 Å². The van der Waals surface area contributed by atoms with Gasteiger partial charge in [-0.2, -0.15) is 5.10 Å². The minimum absolute atomic E-state index is 0.612. The average Bonchev–Trinajstić information content (AvgIpc) is 2.68. The highest BCUT2D eigenvalue weighted by molar-refractivity contribution is 7.80. The number of nitrogens with one attached hydrogen (secondary N) is 1. The smallest absolute Gasteiger partial charge is 0.126 e. The van der Waals surface area contributed by atoms with E-state index in [2.05, 4.69) is 65.1 Å². The van der Waals surface area contributed by atoms with Crippen LogP contribution in [0.15, 0.2) is 90.0 Å². The van der Waals surface area contributed by atoms with Crippen molar-refractivity contribution in [1.82, 2.24) is 5.43 Å². The van der Waals surface area contributed by atoms with Crippen LogP contribution in [0.4, 0.5) is 0 Å². The van der Waals surface area contributed by atoms with E-state index in [1.165, 1.54) is 21.5 Å². The zero-order valence-electron chi connectivity index (χ0n) is 13.5. The number of fused-ring (bicyclic) bond motifs is 2. The van der Waals surface area contributed by atoms with Gasteiger partial charge in [0.05, 0.1) is 6.21 Å². The lowest BCUT2D eigenvalue weighted by atomic mass is 9.97. The second-order valence-corrected chi connectivity index (χ2v) is 6.21. The summed E-state index contributed by atoms with van der Waals surface area (Å²) in [5.74, 6) is 0. The van der Waals surface area contributed by atoms with E-state index >= 15 is 0 Å². The zero-order valence-corrected chi connectivity index (χ0v) is 14.3. The maximum atomic E-state index is 5.40. The van der Waals surface area contributed by atoms with Crippen molar-refractivity contribution in [3.63, 3.8) is 0 Å². The van der Waals surface area contributed by atoms with Crippen LogP contribution in [-0.2, 0) is 0 Å². The molecule has 0 bridgehead atoms. The summed E-state index contributed by atoms with van der Waals surface area (Å²) in [4.78, 5) is 0.612. The minimum atomic E-state index is 0.612. The van der Waals surface area contributed by atoms with Crippen LogP contribution in [0.3, 0.4) is 0 Å². The SMILES string of the molecule is S=C(N/N=C\c1c2ccccc2cc2ccccc12)c1ccccc1. The highest BCUT2D eigenvalue weighted by Crippen LogP contribution is 2.27. The monoisotopic (exact) mass is 340 g/mol. The molecule has 0 aliphatic heterocycles. The van der Waals surface area contributed by atoms with E-state index in [1.54, 1.807) is 0 Å². The fraction of sp³-hybridized carbons (Fsp3) is 0. The first kappa shape index (κ1) is 15.5. The van der Waals surface area contributed by atoms with Crippen LogP contribution in [-0.4, -0.2) is 11.2 Å². The Kier molecular flexibility index (Phi) is 4.23. The lowest BCUT2D eigenvalue weighted by Crippen LogP contribution is -2.16. The van der Waals surface area contributed by atoms with Crippen molar-refractivity contribution in [2.24, 2.45) is 5.10 Å². The third-order valence-electron chi connectivity index (χ3n) is 4.21. The van der Waals surface area contributed by atoms with Crippen molar-refractivity contribution in [3.8, 4) is 0 Å².